The van der Waals surface area contributed by atoms with E-state index in [1.165, 1.54) is 23.1 Å². The van der Waals surface area contributed by atoms with Crippen LogP contribution < -0.4 is 9.62 Å². The van der Waals surface area contributed by atoms with Crippen molar-refractivity contribution in [1.82, 2.24) is 10.2 Å². The molecule has 0 aliphatic heterocycles. The van der Waals surface area contributed by atoms with E-state index >= 15 is 0 Å². The molecule has 0 fully saturated rings. The molecule has 0 bridgehead atoms. The van der Waals surface area contributed by atoms with Gasteiger partial charge in [-0.1, -0.05) is 60.0 Å². The molecule has 0 radical (unpaired) electrons. The third kappa shape index (κ3) is 7.62. The second kappa shape index (κ2) is 11.7. The second-order valence-corrected chi connectivity index (χ2v) is 10.5. The summed E-state index contributed by atoms with van der Waals surface area (Å²) in [6, 6.07) is 11.2. The maximum Gasteiger partial charge on any atom is 0.244 e. The maximum atomic E-state index is 13.5. The summed E-state index contributed by atoms with van der Waals surface area (Å²) in [7, 11) is -3.85. The third-order valence-electron chi connectivity index (χ3n) is 4.99. The highest BCUT2D eigenvalue weighted by molar-refractivity contribution is 7.92. The number of nitrogens with zero attached hydrogens (tertiary/aromatic N) is 2. The Morgan fingerprint density at radius 2 is 1.70 bits per heavy atom. The molecule has 0 heterocycles. The van der Waals surface area contributed by atoms with Gasteiger partial charge in [0.25, 0.3) is 0 Å². The molecule has 180 valence electrons. The Morgan fingerprint density at radius 3 is 2.21 bits per heavy atom. The standard InChI is InChI=1S/C23H29Cl2N3O4S/c1-5-21(23(30)26-6-2)27(14-17-9-7-8-16(3)10-17)22(29)15-28(33(4,31)32)20-12-18(24)11-19(25)13-20/h7-13,21H,5-6,14-15H2,1-4H3,(H,26,30)/t21-/m1/s1. The van der Waals surface area contributed by atoms with Gasteiger partial charge in [-0.15, -0.1) is 0 Å². The first-order chi connectivity index (χ1) is 15.5. The van der Waals surface area contributed by atoms with E-state index in [0.29, 0.717) is 13.0 Å². The molecule has 0 unspecified atom stereocenters. The van der Waals surface area contributed by atoms with Gasteiger partial charge >= 0.3 is 0 Å². The molecule has 2 amide bonds. The molecule has 1 N–H and O–H groups in total. The molecular formula is C23H29Cl2N3O4S. The SMILES string of the molecule is CCNC(=O)[C@@H](CC)N(Cc1cccc(C)c1)C(=O)CN(c1cc(Cl)cc(Cl)c1)S(C)(=O)=O. The largest absolute Gasteiger partial charge is 0.355 e. The van der Waals surface area contributed by atoms with E-state index < -0.39 is 28.5 Å². The highest BCUT2D eigenvalue weighted by Gasteiger charge is 2.31. The molecule has 1 atom stereocenters. The Hall–Kier alpha value is -2.29. The van der Waals surface area contributed by atoms with Crippen LogP contribution in [0, 0.1) is 6.92 Å². The van der Waals surface area contributed by atoms with E-state index in [4.69, 9.17) is 23.2 Å². The number of amides is 2. The third-order valence-corrected chi connectivity index (χ3v) is 6.56. The second-order valence-electron chi connectivity index (χ2n) is 7.73. The smallest absolute Gasteiger partial charge is 0.244 e. The van der Waals surface area contributed by atoms with Crippen molar-refractivity contribution in [2.24, 2.45) is 0 Å². The minimum absolute atomic E-state index is 0.157. The van der Waals surface area contributed by atoms with E-state index in [0.717, 1.165) is 21.7 Å². The number of anilines is 1. The zero-order valence-electron chi connectivity index (χ0n) is 19.1. The van der Waals surface area contributed by atoms with Crippen molar-refractivity contribution in [2.45, 2.75) is 39.8 Å². The first-order valence-corrected chi connectivity index (χ1v) is 13.1. The van der Waals surface area contributed by atoms with Crippen LogP contribution in [0.3, 0.4) is 0 Å². The van der Waals surface area contributed by atoms with E-state index in [1.54, 1.807) is 6.92 Å². The molecule has 2 rings (SSSR count). The predicted octanol–water partition coefficient (Wildman–Crippen LogP) is 4.01. The Bertz CT molecular complexity index is 1090. The van der Waals surface area contributed by atoms with Crippen molar-refractivity contribution in [3.63, 3.8) is 0 Å². The number of carbonyl (C=O) groups excluding carboxylic acids is 2. The van der Waals surface area contributed by atoms with Crippen LogP contribution in [0.1, 0.15) is 31.4 Å². The van der Waals surface area contributed by atoms with Crippen molar-refractivity contribution in [1.29, 1.82) is 0 Å². The molecule has 0 saturated heterocycles. The van der Waals surface area contributed by atoms with Crippen molar-refractivity contribution in [2.75, 3.05) is 23.7 Å². The summed E-state index contributed by atoms with van der Waals surface area (Å²) in [5.74, 6) is -0.811. The van der Waals surface area contributed by atoms with Gasteiger partial charge in [0.15, 0.2) is 0 Å². The van der Waals surface area contributed by atoms with E-state index in [1.807, 2.05) is 38.1 Å². The van der Waals surface area contributed by atoms with Crippen molar-refractivity contribution < 1.29 is 18.0 Å². The Morgan fingerprint density at radius 1 is 1.06 bits per heavy atom. The first kappa shape index (κ1) is 27.0. The number of benzene rings is 2. The Kier molecular flexibility index (Phi) is 9.57. The lowest BCUT2D eigenvalue weighted by Crippen LogP contribution is -2.52. The average Bonchev–Trinajstić information content (AvgIpc) is 2.70. The van der Waals surface area contributed by atoms with Crippen LogP contribution >= 0.6 is 23.2 Å². The summed E-state index contributed by atoms with van der Waals surface area (Å²) in [6.45, 7) is 5.61. The van der Waals surface area contributed by atoms with Gasteiger partial charge in [0.1, 0.15) is 12.6 Å². The number of rotatable bonds is 10. The van der Waals surface area contributed by atoms with Gasteiger partial charge in [-0.2, -0.15) is 0 Å². The summed E-state index contributed by atoms with van der Waals surface area (Å²) < 4.78 is 26.1. The molecule has 2 aromatic carbocycles. The number of hydrogen-bond acceptors (Lipinski definition) is 4. The maximum absolute atomic E-state index is 13.5. The molecule has 2 aromatic rings. The zero-order chi connectivity index (χ0) is 24.8. The molecule has 33 heavy (non-hydrogen) atoms. The molecule has 0 aromatic heterocycles. The van der Waals surface area contributed by atoms with Crippen molar-refractivity contribution in [3.05, 3.63) is 63.6 Å². The number of likely N-dealkylation sites (N-methyl/N-ethyl adjacent to an activating group) is 1. The van der Waals surface area contributed by atoms with Crippen LogP contribution in [-0.4, -0.2) is 50.5 Å². The molecular weight excluding hydrogens is 485 g/mol. The minimum atomic E-state index is -3.85. The fraction of sp³-hybridized carbons (Fsp3) is 0.391. The van der Waals surface area contributed by atoms with Crippen LogP contribution in [0.25, 0.3) is 0 Å². The first-order valence-electron chi connectivity index (χ1n) is 10.5. The normalized spacial score (nSPS) is 12.2. The van der Waals surface area contributed by atoms with Crippen LogP contribution in [0.15, 0.2) is 42.5 Å². The number of carbonyl (C=O) groups is 2. The molecule has 0 aliphatic rings. The Balaban J connectivity index is 2.46. The van der Waals surface area contributed by atoms with Crippen LogP contribution in [0.5, 0.6) is 0 Å². The minimum Gasteiger partial charge on any atom is -0.355 e. The summed E-state index contributed by atoms with van der Waals surface area (Å²) in [5.41, 5.74) is 2.02. The number of hydrogen-bond donors (Lipinski definition) is 1. The van der Waals surface area contributed by atoms with E-state index in [-0.39, 0.29) is 28.2 Å². The van der Waals surface area contributed by atoms with Crippen molar-refractivity contribution >= 4 is 50.7 Å². The lowest BCUT2D eigenvalue weighted by Gasteiger charge is -2.33. The summed E-state index contributed by atoms with van der Waals surface area (Å²) >= 11 is 12.1. The fourth-order valence-corrected chi connectivity index (χ4v) is 4.86. The number of nitrogens with one attached hydrogen (secondary N) is 1. The van der Waals surface area contributed by atoms with Gasteiger partial charge in [-0.25, -0.2) is 8.42 Å². The topological polar surface area (TPSA) is 86.8 Å². The quantitative estimate of drug-likeness (QED) is 0.519. The molecule has 10 heteroatoms. The van der Waals surface area contributed by atoms with Gasteiger partial charge in [0.2, 0.25) is 21.8 Å². The molecule has 0 spiro atoms. The van der Waals surface area contributed by atoms with E-state index in [9.17, 15) is 18.0 Å². The monoisotopic (exact) mass is 513 g/mol. The van der Waals surface area contributed by atoms with Crippen LogP contribution in [-0.2, 0) is 26.2 Å². The highest BCUT2D eigenvalue weighted by Crippen LogP contribution is 2.27. The summed E-state index contributed by atoms with van der Waals surface area (Å²) in [6.07, 6.45) is 1.37. The van der Waals surface area contributed by atoms with Gasteiger partial charge in [0, 0.05) is 23.1 Å². The number of aryl methyl sites for hydroxylation is 1. The van der Waals surface area contributed by atoms with Gasteiger partial charge in [-0.3, -0.25) is 13.9 Å². The van der Waals surface area contributed by atoms with Crippen LogP contribution in [0.4, 0.5) is 5.69 Å². The number of halogens is 2. The van der Waals surface area contributed by atoms with Gasteiger partial charge in [0.05, 0.1) is 11.9 Å². The van der Waals surface area contributed by atoms with Gasteiger partial charge < -0.3 is 10.2 Å². The molecule has 0 saturated carbocycles. The average molecular weight is 514 g/mol. The fourth-order valence-electron chi connectivity index (χ4n) is 3.52. The lowest BCUT2D eigenvalue weighted by molar-refractivity contribution is -0.140. The molecule has 7 nitrogen and oxygen atoms in total. The summed E-state index contributed by atoms with van der Waals surface area (Å²) in [4.78, 5) is 27.7. The number of sulfonamides is 1. The van der Waals surface area contributed by atoms with E-state index in [2.05, 4.69) is 5.32 Å². The van der Waals surface area contributed by atoms with Gasteiger partial charge in [-0.05, 0) is 44.0 Å². The zero-order valence-corrected chi connectivity index (χ0v) is 21.5. The van der Waals surface area contributed by atoms with Crippen molar-refractivity contribution in [3.8, 4) is 0 Å². The highest BCUT2D eigenvalue weighted by atomic mass is 35.5. The predicted molar refractivity (Wildman–Crippen MR) is 133 cm³/mol. The summed E-state index contributed by atoms with van der Waals surface area (Å²) in [5, 5.41) is 3.24. The van der Waals surface area contributed by atoms with Crippen LogP contribution in [0.2, 0.25) is 10.0 Å². The molecule has 0 aliphatic carbocycles. The lowest BCUT2D eigenvalue weighted by atomic mass is 10.1. The Labute approximate surface area is 205 Å².